The molecule has 268 valence electrons. The first kappa shape index (κ1) is 33.0. The van der Waals surface area contributed by atoms with Gasteiger partial charge >= 0.3 is 0 Å². The molecule has 11 rings (SSSR count). The van der Waals surface area contributed by atoms with E-state index in [-0.39, 0.29) is 0 Å². The van der Waals surface area contributed by atoms with Crippen molar-refractivity contribution >= 4 is 70.7 Å². The number of para-hydroxylation sites is 3. The number of benzene rings is 9. The Balaban J connectivity index is 1.04. The zero-order chi connectivity index (χ0) is 38.0. The van der Waals surface area contributed by atoms with Crippen LogP contribution in [0.3, 0.4) is 0 Å². The van der Waals surface area contributed by atoms with Gasteiger partial charge in [-0.15, -0.1) is 0 Å². The first-order valence-corrected chi connectivity index (χ1v) is 19.6. The van der Waals surface area contributed by atoms with Crippen molar-refractivity contribution in [3.05, 3.63) is 223 Å². The van der Waals surface area contributed by atoms with E-state index in [4.69, 9.17) is 0 Å². The van der Waals surface area contributed by atoms with Gasteiger partial charge in [-0.3, -0.25) is 0 Å². The Bertz CT molecular complexity index is 3400. The number of aryl methyl sites for hydroxylation is 1. The first-order valence-electron chi connectivity index (χ1n) is 19.6. The first-order chi connectivity index (χ1) is 28.2. The van der Waals surface area contributed by atoms with E-state index in [1.807, 2.05) is 6.08 Å². The summed E-state index contributed by atoms with van der Waals surface area (Å²) in [4.78, 5) is 0. The maximum atomic E-state index is 4.14. The van der Waals surface area contributed by atoms with Crippen molar-refractivity contribution in [1.29, 1.82) is 0 Å². The van der Waals surface area contributed by atoms with E-state index in [2.05, 4.69) is 217 Å². The minimum absolute atomic E-state index is 1.16. The maximum Gasteiger partial charge on any atom is 0.0547 e. The van der Waals surface area contributed by atoms with E-state index in [1.165, 1.54) is 93.1 Å². The average molecular weight is 727 g/mol. The van der Waals surface area contributed by atoms with Crippen LogP contribution in [0.5, 0.6) is 0 Å². The van der Waals surface area contributed by atoms with E-state index >= 15 is 0 Å². The topological polar surface area (TPSA) is 9.86 Å². The monoisotopic (exact) mass is 726 g/mol. The lowest BCUT2D eigenvalue weighted by molar-refractivity contribution is 1.18. The molecule has 0 atom stereocenters. The number of allylic oxidation sites excluding steroid dienone is 2. The fraction of sp³-hybridized carbons (Fsp3) is 0.0182. The van der Waals surface area contributed by atoms with Crippen LogP contribution in [-0.4, -0.2) is 9.13 Å². The van der Waals surface area contributed by atoms with Gasteiger partial charge in [-0.25, -0.2) is 0 Å². The van der Waals surface area contributed by atoms with Crippen molar-refractivity contribution in [2.45, 2.75) is 6.92 Å². The average Bonchev–Trinajstić information content (AvgIpc) is 3.79. The van der Waals surface area contributed by atoms with Crippen LogP contribution >= 0.6 is 0 Å². The number of fused-ring (bicyclic) bond motifs is 10. The van der Waals surface area contributed by atoms with Crippen molar-refractivity contribution in [2.75, 3.05) is 0 Å². The van der Waals surface area contributed by atoms with Gasteiger partial charge in [0.05, 0.1) is 22.1 Å². The highest BCUT2D eigenvalue weighted by Crippen LogP contribution is 2.42. The summed E-state index contributed by atoms with van der Waals surface area (Å²) in [6, 6.07) is 68.6. The predicted molar refractivity (Wildman–Crippen MR) is 244 cm³/mol. The van der Waals surface area contributed by atoms with Gasteiger partial charge < -0.3 is 9.13 Å². The number of hydrogen-bond acceptors (Lipinski definition) is 0. The summed E-state index contributed by atoms with van der Waals surface area (Å²) in [5, 5.41) is 10.1. The van der Waals surface area contributed by atoms with Gasteiger partial charge in [-0.2, -0.15) is 0 Å². The highest BCUT2D eigenvalue weighted by molar-refractivity contribution is 6.28. The third-order valence-corrected chi connectivity index (χ3v) is 11.8. The lowest BCUT2D eigenvalue weighted by atomic mass is 9.89. The molecule has 0 spiro atoms. The van der Waals surface area contributed by atoms with Crippen LogP contribution in [0, 0.1) is 6.92 Å². The third kappa shape index (κ3) is 5.18. The molecule has 0 amide bonds. The lowest BCUT2D eigenvalue weighted by Crippen LogP contribution is -1.95. The summed E-state index contributed by atoms with van der Waals surface area (Å²) in [6.07, 6.45) is 4.06. The van der Waals surface area contributed by atoms with E-state index in [0.29, 0.717) is 0 Å². The minimum atomic E-state index is 1.16. The minimum Gasteiger partial charge on any atom is -0.309 e. The highest BCUT2D eigenvalue weighted by atomic mass is 15.0. The SMILES string of the molecule is C=C/C=C(/c1ccc(-c2ccc3c4ccccc4n(-c4ccccc4)c3c2)cc1)c1cc2ccc3c(c2cc1C)c1c2ccccc2ccc1n3-c1ccccc1. The molecule has 2 aromatic heterocycles. The largest absolute Gasteiger partial charge is 0.309 e. The third-order valence-electron chi connectivity index (χ3n) is 11.8. The molecule has 0 saturated carbocycles. The molecule has 2 heteroatoms. The van der Waals surface area contributed by atoms with E-state index in [1.54, 1.807) is 0 Å². The molecular weight excluding hydrogens is 689 g/mol. The molecule has 0 aliphatic carbocycles. The van der Waals surface area contributed by atoms with Gasteiger partial charge in [0.25, 0.3) is 0 Å². The number of rotatable bonds is 6. The molecule has 0 aliphatic heterocycles. The van der Waals surface area contributed by atoms with Crippen LogP contribution in [0.1, 0.15) is 16.7 Å². The Hall–Kier alpha value is -7.42. The molecular formula is C55H38N2. The predicted octanol–water partition coefficient (Wildman–Crippen LogP) is 14.8. The van der Waals surface area contributed by atoms with E-state index < -0.39 is 0 Å². The Morgan fingerprint density at radius 2 is 1.02 bits per heavy atom. The van der Waals surface area contributed by atoms with Crippen LogP contribution in [0.25, 0.3) is 93.2 Å². The van der Waals surface area contributed by atoms with E-state index in [0.717, 1.165) is 16.8 Å². The second kappa shape index (κ2) is 13.1. The van der Waals surface area contributed by atoms with Gasteiger partial charge in [0.1, 0.15) is 0 Å². The smallest absolute Gasteiger partial charge is 0.0547 e. The Labute approximate surface area is 331 Å². The standard InChI is InChI=1S/C55H38N2/c1-3-14-44(39-25-23-37(24-26-39)40-27-30-47-46-21-12-13-22-50(46)56(53(47)35-40)42-16-6-4-7-17-42)48-34-41-29-32-52-55(49(41)33-36(48)2)54-45-20-11-10-15-38(45)28-31-51(54)57(52)43-18-8-5-9-19-43/h3-35H,1H2,2H3/b44-14-. The molecule has 0 radical (unpaired) electrons. The van der Waals surface area contributed by atoms with Crippen LogP contribution in [0.2, 0.25) is 0 Å². The molecule has 11 aromatic rings. The molecule has 9 aromatic carbocycles. The zero-order valence-corrected chi connectivity index (χ0v) is 31.7. The summed E-state index contributed by atoms with van der Waals surface area (Å²) in [5.41, 5.74) is 14.3. The number of nitrogens with zero attached hydrogens (tertiary/aromatic N) is 2. The van der Waals surface area contributed by atoms with Gasteiger partial charge in [0, 0.05) is 32.9 Å². The fourth-order valence-corrected chi connectivity index (χ4v) is 9.21. The van der Waals surface area contributed by atoms with Gasteiger partial charge in [0.2, 0.25) is 0 Å². The summed E-state index contributed by atoms with van der Waals surface area (Å²) >= 11 is 0. The number of aromatic nitrogens is 2. The summed E-state index contributed by atoms with van der Waals surface area (Å²) in [5.74, 6) is 0. The van der Waals surface area contributed by atoms with Crippen molar-refractivity contribution in [3.8, 4) is 22.5 Å². The molecule has 0 N–H and O–H groups in total. The summed E-state index contributed by atoms with van der Waals surface area (Å²) in [7, 11) is 0. The van der Waals surface area contributed by atoms with Crippen LogP contribution in [-0.2, 0) is 0 Å². The van der Waals surface area contributed by atoms with Crippen LogP contribution in [0.4, 0.5) is 0 Å². The second-order valence-corrected chi connectivity index (χ2v) is 15.0. The second-order valence-electron chi connectivity index (χ2n) is 15.0. The van der Waals surface area contributed by atoms with E-state index in [9.17, 15) is 0 Å². The molecule has 0 bridgehead atoms. The normalized spacial score (nSPS) is 12.1. The molecule has 0 fully saturated rings. The molecule has 0 unspecified atom stereocenters. The van der Waals surface area contributed by atoms with Crippen LogP contribution in [0.15, 0.2) is 207 Å². The Morgan fingerprint density at radius 1 is 0.439 bits per heavy atom. The Morgan fingerprint density at radius 3 is 1.74 bits per heavy atom. The van der Waals surface area contributed by atoms with Crippen molar-refractivity contribution in [1.82, 2.24) is 9.13 Å². The van der Waals surface area contributed by atoms with Gasteiger partial charge in [-0.05, 0) is 116 Å². The maximum absolute atomic E-state index is 4.14. The molecule has 2 nitrogen and oxygen atoms in total. The lowest BCUT2D eigenvalue weighted by Gasteiger charge is -2.15. The summed E-state index contributed by atoms with van der Waals surface area (Å²) in [6.45, 7) is 6.39. The van der Waals surface area contributed by atoms with Crippen molar-refractivity contribution < 1.29 is 0 Å². The van der Waals surface area contributed by atoms with Crippen molar-refractivity contribution in [3.63, 3.8) is 0 Å². The number of hydrogen-bond donors (Lipinski definition) is 0. The molecule has 0 saturated heterocycles. The quantitative estimate of drug-likeness (QED) is 0.151. The van der Waals surface area contributed by atoms with Gasteiger partial charge in [-0.1, -0.05) is 152 Å². The molecule has 0 aliphatic rings. The molecule has 57 heavy (non-hydrogen) atoms. The zero-order valence-electron chi connectivity index (χ0n) is 31.7. The summed E-state index contributed by atoms with van der Waals surface area (Å²) < 4.78 is 4.80. The van der Waals surface area contributed by atoms with Gasteiger partial charge in [0.15, 0.2) is 0 Å². The van der Waals surface area contributed by atoms with Crippen molar-refractivity contribution in [2.24, 2.45) is 0 Å². The Kier molecular flexibility index (Phi) is 7.58. The fourth-order valence-electron chi connectivity index (χ4n) is 9.21. The highest BCUT2D eigenvalue weighted by Gasteiger charge is 2.19. The molecule has 2 heterocycles. The van der Waals surface area contributed by atoms with Crippen LogP contribution < -0.4 is 0 Å².